The van der Waals surface area contributed by atoms with Gasteiger partial charge in [0.2, 0.25) is 0 Å². The van der Waals surface area contributed by atoms with Crippen molar-refractivity contribution in [3.63, 3.8) is 0 Å². The number of hydrogen-bond donors (Lipinski definition) is 1. The largest absolute Gasteiger partial charge is 0.347 e. The Morgan fingerprint density at radius 3 is 2.54 bits per heavy atom. The number of anilines is 1. The third kappa shape index (κ3) is 3.50. The summed E-state index contributed by atoms with van der Waals surface area (Å²) >= 11 is 0. The topological polar surface area (TPSA) is 34.0 Å². The number of rotatable bonds is 6. The predicted molar refractivity (Wildman–Crippen MR) is 114 cm³/mol. The highest BCUT2D eigenvalue weighted by Gasteiger charge is 2.16. The quantitative estimate of drug-likeness (QED) is 0.429. The molecule has 0 fully saturated rings. The van der Waals surface area contributed by atoms with E-state index in [4.69, 9.17) is 0 Å². The molecule has 0 unspecified atom stereocenters. The van der Waals surface area contributed by atoms with Crippen LogP contribution in [0.5, 0.6) is 0 Å². The minimum atomic E-state index is -0.825. The number of aryl methyl sites for hydroxylation is 1. The van der Waals surface area contributed by atoms with Gasteiger partial charge in [-0.2, -0.15) is 0 Å². The molecule has 3 nitrogen and oxygen atoms in total. The summed E-state index contributed by atoms with van der Waals surface area (Å²) in [6.07, 6.45) is 1.97. The molecule has 0 aliphatic carbocycles. The second kappa shape index (κ2) is 7.85. The van der Waals surface area contributed by atoms with Crippen LogP contribution in [-0.4, -0.2) is 16.6 Å². The van der Waals surface area contributed by atoms with Crippen molar-refractivity contribution < 1.29 is 9.18 Å². The third-order valence-electron chi connectivity index (χ3n) is 5.20. The zero-order valence-corrected chi connectivity index (χ0v) is 15.9. The first kappa shape index (κ1) is 18.2. The number of alkyl halides is 1. The van der Waals surface area contributed by atoms with Crippen LogP contribution in [0.4, 0.5) is 10.1 Å². The molecule has 4 aromatic rings. The molecule has 0 saturated carbocycles. The Morgan fingerprint density at radius 1 is 1.00 bits per heavy atom. The normalized spacial score (nSPS) is 12.4. The second-order valence-corrected chi connectivity index (χ2v) is 7.03. The number of amides is 1. The van der Waals surface area contributed by atoms with E-state index in [-0.39, 0.29) is 5.91 Å². The van der Waals surface area contributed by atoms with E-state index in [0.29, 0.717) is 24.9 Å². The molecule has 0 aliphatic rings. The van der Waals surface area contributed by atoms with Gasteiger partial charge in [-0.3, -0.25) is 4.79 Å². The summed E-state index contributed by atoms with van der Waals surface area (Å²) in [7, 11) is 0. The van der Waals surface area contributed by atoms with Crippen molar-refractivity contribution in [2.24, 2.45) is 0 Å². The minimum absolute atomic E-state index is 0.154. The van der Waals surface area contributed by atoms with E-state index >= 15 is 0 Å². The Bertz CT molecular complexity index is 1130. The predicted octanol–water partition coefficient (Wildman–Crippen LogP) is 6.19. The number of aromatic nitrogens is 1. The van der Waals surface area contributed by atoms with Crippen LogP contribution in [0.25, 0.3) is 21.7 Å². The Hall–Kier alpha value is -3.14. The van der Waals surface area contributed by atoms with Crippen LogP contribution in [0.2, 0.25) is 0 Å². The van der Waals surface area contributed by atoms with Gasteiger partial charge in [0.15, 0.2) is 0 Å². The maximum atomic E-state index is 13.7. The lowest BCUT2D eigenvalue weighted by Crippen LogP contribution is -2.12. The van der Waals surface area contributed by atoms with Crippen LogP contribution in [0.1, 0.15) is 30.1 Å². The van der Waals surface area contributed by atoms with Crippen LogP contribution in [0, 0.1) is 0 Å². The standard InChI is InChI=1S/C24H23FN2O/c1-2-18(25)14-15-27-16-21(20-11-5-6-13-23(20)27)24(28)26-22-12-7-9-17-8-3-4-10-19(17)22/h3-13,16,18H,2,14-15H2,1H3,(H,26,28)/t18-/m0/s1. The van der Waals surface area contributed by atoms with Crippen LogP contribution >= 0.6 is 0 Å². The molecule has 4 rings (SSSR count). The fraction of sp³-hybridized carbons (Fsp3) is 0.208. The molecular weight excluding hydrogens is 351 g/mol. The number of halogens is 1. The molecule has 1 atom stereocenters. The summed E-state index contributed by atoms with van der Waals surface area (Å²) in [5.41, 5.74) is 2.35. The summed E-state index contributed by atoms with van der Waals surface area (Å²) in [5, 5.41) is 6.02. The van der Waals surface area contributed by atoms with Gasteiger partial charge in [-0.05, 0) is 30.4 Å². The first-order chi connectivity index (χ1) is 13.7. The molecule has 28 heavy (non-hydrogen) atoms. The van der Waals surface area contributed by atoms with Gasteiger partial charge < -0.3 is 9.88 Å². The fourth-order valence-electron chi connectivity index (χ4n) is 3.62. The number of fused-ring (bicyclic) bond motifs is 2. The fourth-order valence-corrected chi connectivity index (χ4v) is 3.62. The van der Waals surface area contributed by atoms with Crippen molar-refractivity contribution in [3.8, 4) is 0 Å². The van der Waals surface area contributed by atoms with E-state index in [2.05, 4.69) is 5.32 Å². The summed E-state index contributed by atoms with van der Waals surface area (Å²) < 4.78 is 15.7. The van der Waals surface area contributed by atoms with Gasteiger partial charge in [0.25, 0.3) is 5.91 Å². The minimum Gasteiger partial charge on any atom is -0.347 e. The second-order valence-electron chi connectivity index (χ2n) is 7.03. The first-order valence-corrected chi connectivity index (χ1v) is 9.68. The number of nitrogens with zero attached hydrogens (tertiary/aromatic N) is 1. The van der Waals surface area contributed by atoms with Crippen molar-refractivity contribution in [1.29, 1.82) is 0 Å². The van der Waals surface area contributed by atoms with E-state index in [1.807, 2.05) is 84.4 Å². The third-order valence-corrected chi connectivity index (χ3v) is 5.20. The van der Waals surface area contributed by atoms with E-state index in [0.717, 1.165) is 27.4 Å². The Balaban J connectivity index is 1.67. The number of para-hydroxylation sites is 1. The van der Waals surface area contributed by atoms with E-state index < -0.39 is 6.17 Å². The summed E-state index contributed by atoms with van der Waals surface area (Å²) in [4.78, 5) is 13.1. The molecule has 0 spiro atoms. The highest BCUT2D eigenvalue weighted by atomic mass is 19.1. The van der Waals surface area contributed by atoms with Gasteiger partial charge in [-0.1, -0.05) is 61.5 Å². The average Bonchev–Trinajstić information content (AvgIpc) is 3.11. The number of benzene rings is 3. The number of nitrogens with one attached hydrogen (secondary N) is 1. The van der Waals surface area contributed by atoms with Crippen molar-refractivity contribution in [3.05, 3.63) is 78.5 Å². The van der Waals surface area contributed by atoms with Crippen LogP contribution in [0.3, 0.4) is 0 Å². The van der Waals surface area contributed by atoms with Crippen molar-refractivity contribution >= 4 is 33.3 Å². The molecular formula is C24H23FN2O. The smallest absolute Gasteiger partial charge is 0.257 e. The van der Waals surface area contributed by atoms with Crippen LogP contribution < -0.4 is 5.32 Å². The van der Waals surface area contributed by atoms with Gasteiger partial charge in [-0.15, -0.1) is 0 Å². The molecule has 1 N–H and O–H groups in total. The highest BCUT2D eigenvalue weighted by Crippen LogP contribution is 2.26. The average molecular weight is 374 g/mol. The molecule has 0 radical (unpaired) electrons. The lowest BCUT2D eigenvalue weighted by Gasteiger charge is -2.08. The molecule has 0 aliphatic heterocycles. The highest BCUT2D eigenvalue weighted by molar-refractivity contribution is 6.15. The van der Waals surface area contributed by atoms with Crippen LogP contribution in [0.15, 0.2) is 72.9 Å². The van der Waals surface area contributed by atoms with Gasteiger partial charge in [0, 0.05) is 34.7 Å². The van der Waals surface area contributed by atoms with Gasteiger partial charge in [-0.25, -0.2) is 4.39 Å². The van der Waals surface area contributed by atoms with Gasteiger partial charge >= 0.3 is 0 Å². The molecule has 142 valence electrons. The van der Waals surface area contributed by atoms with Crippen molar-refractivity contribution in [1.82, 2.24) is 4.57 Å². The lowest BCUT2D eigenvalue weighted by atomic mass is 10.1. The van der Waals surface area contributed by atoms with Crippen LogP contribution in [-0.2, 0) is 6.54 Å². The van der Waals surface area contributed by atoms with Crippen molar-refractivity contribution in [2.45, 2.75) is 32.5 Å². The summed E-state index contributed by atoms with van der Waals surface area (Å²) in [6.45, 7) is 2.40. The van der Waals surface area contributed by atoms with E-state index in [9.17, 15) is 9.18 Å². The maximum Gasteiger partial charge on any atom is 0.257 e. The molecule has 0 saturated heterocycles. The van der Waals surface area contributed by atoms with Gasteiger partial charge in [0.1, 0.15) is 6.17 Å². The summed E-state index contributed by atoms with van der Waals surface area (Å²) in [6, 6.07) is 21.6. The SMILES string of the molecule is CC[C@H](F)CCn1cc(C(=O)Nc2cccc3ccccc23)c2ccccc21. The lowest BCUT2D eigenvalue weighted by molar-refractivity contribution is 0.102. The Labute approximate surface area is 163 Å². The number of carbonyl (C=O) groups is 1. The van der Waals surface area contributed by atoms with Gasteiger partial charge in [0.05, 0.1) is 5.56 Å². The van der Waals surface area contributed by atoms with E-state index in [1.165, 1.54) is 0 Å². The first-order valence-electron chi connectivity index (χ1n) is 9.68. The molecule has 3 aromatic carbocycles. The molecule has 4 heteroatoms. The molecule has 1 aromatic heterocycles. The number of carbonyl (C=O) groups excluding carboxylic acids is 1. The maximum absolute atomic E-state index is 13.7. The Kier molecular flexibility index (Phi) is 5.11. The monoisotopic (exact) mass is 374 g/mol. The molecule has 1 heterocycles. The summed E-state index contributed by atoms with van der Waals surface area (Å²) in [5.74, 6) is -0.154. The molecule has 0 bridgehead atoms. The van der Waals surface area contributed by atoms with Crippen molar-refractivity contribution in [2.75, 3.05) is 5.32 Å². The molecule has 1 amide bonds. The Morgan fingerprint density at radius 2 is 1.71 bits per heavy atom. The van der Waals surface area contributed by atoms with E-state index in [1.54, 1.807) is 0 Å². The zero-order chi connectivity index (χ0) is 19.5. The zero-order valence-electron chi connectivity index (χ0n) is 15.9. The number of hydrogen-bond acceptors (Lipinski definition) is 1.